The first kappa shape index (κ1) is 16.9. The van der Waals surface area contributed by atoms with Crippen LogP contribution in [0.25, 0.3) is 0 Å². The van der Waals surface area contributed by atoms with Crippen LogP contribution in [0.1, 0.15) is 32.7 Å². The molecule has 0 N–H and O–H groups in total. The van der Waals surface area contributed by atoms with E-state index in [4.69, 9.17) is 4.74 Å². The fraction of sp³-hybridized carbons (Fsp3) is 0.316. The first-order valence-electron chi connectivity index (χ1n) is 8.56. The zero-order chi connectivity index (χ0) is 17.9. The third-order valence-electron chi connectivity index (χ3n) is 4.51. The number of ether oxygens (including phenoxy) is 1. The van der Waals surface area contributed by atoms with Crippen molar-refractivity contribution in [3.63, 3.8) is 0 Å². The zero-order valence-corrected chi connectivity index (χ0v) is 15.4. The Morgan fingerprint density at radius 3 is 3.00 bits per heavy atom. The van der Waals surface area contributed by atoms with Gasteiger partial charge in [0.05, 0.1) is 42.1 Å². The molecule has 0 radical (unpaired) electrons. The Kier molecular flexibility index (Phi) is 4.81. The maximum atomic E-state index is 12.9. The average molecular weight is 368 g/mol. The number of nitrogens with zero attached hydrogens (tertiary/aromatic N) is 4. The van der Waals surface area contributed by atoms with Crippen LogP contribution in [0.5, 0.6) is 0 Å². The van der Waals surface area contributed by atoms with Crippen molar-refractivity contribution in [3.05, 3.63) is 69.9 Å². The number of rotatable bonds is 5. The van der Waals surface area contributed by atoms with Crippen molar-refractivity contribution in [1.82, 2.24) is 19.7 Å². The molecular formula is C19H20N4O2S. The van der Waals surface area contributed by atoms with Gasteiger partial charge in [-0.3, -0.25) is 14.5 Å². The normalized spacial score (nSPS) is 16.5. The number of fused-ring (bicyclic) bond motifs is 1. The molecule has 3 aromatic heterocycles. The topological polar surface area (TPSA) is 60.2 Å². The lowest BCUT2D eigenvalue weighted by Crippen LogP contribution is -2.42. The summed E-state index contributed by atoms with van der Waals surface area (Å²) in [7, 11) is 0. The Morgan fingerprint density at radius 2 is 2.23 bits per heavy atom. The molecule has 0 saturated heterocycles. The molecule has 1 atom stereocenters. The van der Waals surface area contributed by atoms with E-state index in [9.17, 15) is 4.79 Å². The summed E-state index contributed by atoms with van der Waals surface area (Å²) >= 11 is 1.50. The number of pyridine rings is 1. The summed E-state index contributed by atoms with van der Waals surface area (Å²) in [4.78, 5) is 19.9. The number of carbonyl (C=O) groups excluding carboxylic acids is 1. The molecule has 1 aliphatic rings. The highest BCUT2D eigenvalue weighted by Gasteiger charge is 2.30. The van der Waals surface area contributed by atoms with Crippen molar-refractivity contribution in [2.24, 2.45) is 0 Å². The molecule has 1 aliphatic heterocycles. The van der Waals surface area contributed by atoms with Gasteiger partial charge in [-0.05, 0) is 42.1 Å². The first-order chi connectivity index (χ1) is 12.7. The van der Waals surface area contributed by atoms with Crippen molar-refractivity contribution < 1.29 is 9.53 Å². The SMILES string of the molecule is Cc1ccsc1C(=O)N1Cc2ccnn2C(COCc2ccccn2)C1. The van der Waals surface area contributed by atoms with E-state index in [0.717, 1.165) is 21.8 Å². The van der Waals surface area contributed by atoms with Crippen molar-refractivity contribution in [2.75, 3.05) is 13.2 Å². The molecule has 7 heteroatoms. The summed E-state index contributed by atoms with van der Waals surface area (Å²) in [5, 5.41) is 6.39. The van der Waals surface area contributed by atoms with E-state index in [2.05, 4.69) is 10.1 Å². The molecule has 0 saturated carbocycles. The Bertz CT molecular complexity index is 890. The van der Waals surface area contributed by atoms with E-state index in [1.165, 1.54) is 11.3 Å². The predicted octanol–water partition coefficient (Wildman–Crippen LogP) is 3.06. The zero-order valence-electron chi connectivity index (χ0n) is 14.5. The molecule has 4 rings (SSSR count). The summed E-state index contributed by atoms with van der Waals surface area (Å²) in [6.07, 6.45) is 3.54. The molecular weight excluding hydrogens is 348 g/mol. The van der Waals surface area contributed by atoms with Crippen molar-refractivity contribution in [1.29, 1.82) is 0 Å². The average Bonchev–Trinajstić information content (AvgIpc) is 3.30. The molecule has 0 bridgehead atoms. The molecule has 26 heavy (non-hydrogen) atoms. The number of aryl methyl sites for hydroxylation is 1. The third kappa shape index (κ3) is 3.40. The highest BCUT2D eigenvalue weighted by Crippen LogP contribution is 2.25. The van der Waals surface area contributed by atoms with Crippen LogP contribution in [0.3, 0.4) is 0 Å². The van der Waals surface area contributed by atoms with Gasteiger partial charge < -0.3 is 9.64 Å². The minimum atomic E-state index is 0.00156. The number of amides is 1. The van der Waals surface area contributed by atoms with Gasteiger partial charge in [-0.2, -0.15) is 5.10 Å². The van der Waals surface area contributed by atoms with Crippen LogP contribution >= 0.6 is 11.3 Å². The highest BCUT2D eigenvalue weighted by molar-refractivity contribution is 7.12. The van der Waals surface area contributed by atoms with Crippen LogP contribution < -0.4 is 0 Å². The second-order valence-corrected chi connectivity index (χ2v) is 7.29. The van der Waals surface area contributed by atoms with E-state index in [1.807, 2.05) is 52.2 Å². The highest BCUT2D eigenvalue weighted by atomic mass is 32.1. The van der Waals surface area contributed by atoms with E-state index < -0.39 is 0 Å². The lowest BCUT2D eigenvalue weighted by atomic mass is 10.1. The first-order valence-corrected chi connectivity index (χ1v) is 9.44. The number of hydrogen-bond donors (Lipinski definition) is 0. The Labute approximate surface area is 156 Å². The van der Waals surface area contributed by atoms with E-state index >= 15 is 0 Å². The lowest BCUT2D eigenvalue weighted by Gasteiger charge is -2.33. The Morgan fingerprint density at radius 1 is 1.31 bits per heavy atom. The summed E-state index contributed by atoms with van der Waals surface area (Å²) in [6.45, 7) is 4.08. The smallest absolute Gasteiger partial charge is 0.264 e. The predicted molar refractivity (Wildman–Crippen MR) is 99.0 cm³/mol. The van der Waals surface area contributed by atoms with E-state index in [-0.39, 0.29) is 11.9 Å². The van der Waals surface area contributed by atoms with Gasteiger partial charge >= 0.3 is 0 Å². The third-order valence-corrected chi connectivity index (χ3v) is 5.52. The van der Waals surface area contributed by atoms with Gasteiger partial charge in [0.25, 0.3) is 5.91 Å². The monoisotopic (exact) mass is 368 g/mol. The van der Waals surface area contributed by atoms with Gasteiger partial charge in [-0.25, -0.2) is 0 Å². The standard InChI is InChI=1S/C19H20N4O2S/c1-14-6-9-26-18(14)19(24)22-10-16-5-8-21-23(16)17(11-22)13-25-12-15-4-2-3-7-20-15/h2-9,17H,10-13H2,1H3. The molecule has 4 heterocycles. The van der Waals surface area contributed by atoms with Gasteiger partial charge in [0.1, 0.15) is 0 Å². The fourth-order valence-corrected chi connectivity index (χ4v) is 4.08. The summed E-state index contributed by atoms with van der Waals surface area (Å²) in [6, 6.07) is 9.72. The van der Waals surface area contributed by atoms with Crippen LogP contribution in [-0.4, -0.2) is 38.7 Å². The maximum Gasteiger partial charge on any atom is 0.264 e. The van der Waals surface area contributed by atoms with E-state index in [0.29, 0.717) is 26.3 Å². The van der Waals surface area contributed by atoms with Gasteiger partial charge in [0.15, 0.2) is 0 Å². The number of carbonyl (C=O) groups is 1. The van der Waals surface area contributed by atoms with Crippen molar-refractivity contribution >= 4 is 17.2 Å². The summed E-state index contributed by atoms with van der Waals surface area (Å²) in [5.74, 6) is 0.0830. The number of thiophene rings is 1. The van der Waals surface area contributed by atoms with Crippen LogP contribution in [0, 0.1) is 6.92 Å². The van der Waals surface area contributed by atoms with Gasteiger partial charge in [0, 0.05) is 18.9 Å². The summed E-state index contributed by atoms with van der Waals surface area (Å²) < 4.78 is 7.84. The molecule has 3 aromatic rings. The molecule has 134 valence electrons. The van der Waals surface area contributed by atoms with Gasteiger partial charge in [0.2, 0.25) is 0 Å². The van der Waals surface area contributed by atoms with Crippen molar-refractivity contribution in [2.45, 2.75) is 26.1 Å². The Hall–Kier alpha value is -2.51. The minimum absolute atomic E-state index is 0.00156. The fourth-order valence-electron chi connectivity index (χ4n) is 3.18. The van der Waals surface area contributed by atoms with Gasteiger partial charge in [-0.1, -0.05) is 6.07 Å². The van der Waals surface area contributed by atoms with Crippen LogP contribution in [0.2, 0.25) is 0 Å². The molecule has 0 fully saturated rings. The van der Waals surface area contributed by atoms with Crippen LogP contribution in [0.15, 0.2) is 48.1 Å². The Balaban J connectivity index is 1.46. The lowest BCUT2D eigenvalue weighted by molar-refractivity contribution is 0.0443. The quantitative estimate of drug-likeness (QED) is 0.694. The molecule has 1 amide bonds. The summed E-state index contributed by atoms with van der Waals surface area (Å²) in [5.41, 5.74) is 2.96. The molecule has 0 aliphatic carbocycles. The van der Waals surface area contributed by atoms with Gasteiger partial charge in [-0.15, -0.1) is 11.3 Å². The molecule has 0 spiro atoms. The molecule has 1 unspecified atom stereocenters. The van der Waals surface area contributed by atoms with Crippen LogP contribution in [0.4, 0.5) is 0 Å². The van der Waals surface area contributed by atoms with Crippen LogP contribution in [-0.2, 0) is 17.9 Å². The number of hydrogen-bond acceptors (Lipinski definition) is 5. The van der Waals surface area contributed by atoms with E-state index in [1.54, 1.807) is 12.4 Å². The van der Waals surface area contributed by atoms with Crippen molar-refractivity contribution in [3.8, 4) is 0 Å². The maximum absolute atomic E-state index is 12.9. The second-order valence-electron chi connectivity index (χ2n) is 6.38. The molecule has 0 aromatic carbocycles. The molecule has 6 nitrogen and oxygen atoms in total. The number of aromatic nitrogens is 3. The minimum Gasteiger partial charge on any atom is -0.373 e. The second kappa shape index (κ2) is 7.39. The largest absolute Gasteiger partial charge is 0.373 e.